The van der Waals surface area contributed by atoms with Crippen LogP contribution >= 0.6 is 0 Å². The second-order valence-corrected chi connectivity index (χ2v) is 4.40. The summed E-state index contributed by atoms with van der Waals surface area (Å²) in [5, 5.41) is 0. The topological polar surface area (TPSA) is 42.4 Å². The van der Waals surface area contributed by atoms with Crippen molar-refractivity contribution >= 4 is 12.1 Å². The largest absolute Gasteiger partial charge is 0.341 e. The monoisotopic (exact) mass is 254 g/mol. The Morgan fingerprint density at radius 1 is 1.16 bits per heavy atom. The number of hydrogen-bond donors (Lipinski definition) is 0. The number of nitrogens with zero attached hydrogens (tertiary/aromatic N) is 2. The first-order chi connectivity index (χ1) is 9.38. The highest BCUT2D eigenvalue weighted by molar-refractivity contribution is 5.64. The normalized spacial score (nSPS) is 22.4. The van der Waals surface area contributed by atoms with Crippen LogP contribution in [-0.2, 0) is 9.53 Å². The first-order valence-corrected chi connectivity index (χ1v) is 6.22. The molecule has 4 nitrogen and oxygen atoms in total. The van der Waals surface area contributed by atoms with Crippen LogP contribution in [0.3, 0.4) is 0 Å². The molecule has 2 atom stereocenters. The fourth-order valence-corrected chi connectivity index (χ4v) is 2.27. The molecular formula is C15H14N2O2. The van der Waals surface area contributed by atoms with Gasteiger partial charge in [-0.15, -0.1) is 0 Å². The number of aldehydes is 1. The Labute approximate surface area is 111 Å². The zero-order chi connectivity index (χ0) is 13.1. The lowest BCUT2D eigenvalue weighted by atomic mass is 10.1. The quantitative estimate of drug-likeness (QED) is 0.787. The van der Waals surface area contributed by atoms with Gasteiger partial charge in [0.2, 0.25) is 0 Å². The van der Waals surface area contributed by atoms with Gasteiger partial charge in [0, 0.05) is 6.20 Å². The number of aromatic nitrogens is 1. The van der Waals surface area contributed by atoms with Gasteiger partial charge in [-0.05, 0) is 17.7 Å². The minimum atomic E-state index is -0.569. The van der Waals surface area contributed by atoms with Gasteiger partial charge in [-0.25, -0.2) is 4.98 Å². The Bertz CT molecular complexity index is 545. The Kier molecular flexibility index (Phi) is 3.25. The number of ether oxygens (including phenoxy) is 1. The van der Waals surface area contributed by atoms with Crippen molar-refractivity contribution in [1.29, 1.82) is 0 Å². The molecule has 0 spiro atoms. The van der Waals surface area contributed by atoms with E-state index in [0.717, 1.165) is 17.7 Å². The smallest absolute Gasteiger partial charge is 0.188 e. The highest BCUT2D eigenvalue weighted by atomic mass is 16.5. The summed E-state index contributed by atoms with van der Waals surface area (Å²) in [5.74, 6) is 0.762. The Morgan fingerprint density at radius 2 is 1.95 bits per heavy atom. The van der Waals surface area contributed by atoms with Crippen molar-refractivity contribution in [2.45, 2.75) is 12.3 Å². The van der Waals surface area contributed by atoms with Crippen molar-refractivity contribution in [1.82, 2.24) is 4.98 Å². The van der Waals surface area contributed by atoms with Crippen LogP contribution in [0.2, 0.25) is 0 Å². The number of rotatable bonds is 3. The van der Waals surface area contributed by atoms with E-state index in [9.17, 15) is 4.79 Å². The molecule has 3 rings (SSSR count). The van der Waals surface area contributed by atoms with Crippen molar-refractivity contribution in [3.8, 4) is 0 Å². The first-order valence-electron chi connectivity index (χ1n) is 6.22. The van der Waals surface area contributed by atoms with Crippen LogP contribution in [-0.4, -0.2) is 24.0 Å². The molecule has 1 aliphatic rings. The third-order valence-corrected chi connectivity index (χ3v) is 3.20. The van der Waals surface area contributed by atoms with E-state index in [1.165, 1.54) is 0 Å². The molecule has 2 aromatic rings. The number of carbonyl (C=O) groups excluding carboxylic acids is 1. The molecular weight excluding hydrogens is 240 g/mol. The van der Waals surface area contributed by atoms with E-state index in [0.29, 0.717) is 6.54 Å². The van der Waals surface area contributed by atoms with Crippen LogP contribution in [0.4, 0.5) is 5.82 Å². The molecule has 0 radical (unpaired) electrons. The molecule has 2 unspecified atom stereocenters. The van der Waals surface area contributed by atoms with Gasteiger partial charge in [0.05, 0.1) is 6.54 Å². The van der Waals surface area contributed by atoms with E-state index >= 15 is 0 Å². The average molecular weight is 254 g/mol. The third kappa shape index (κ3) is 2.35. The van der Waals surface area contributed by atoms with Crippen molar-refractivity contribution in [3.05, 3.63) is 60.3 Å². The molecule has 0 saturated carbocycles. The van der Waals surface area contributed by atoms with Crippen molar-refractivity contribution < 1.29 is 9.53 Å². The number of hydrogen-bond acceptors (Lipinski definition) is 4. The number of carbonyl (C=O) groups is 1. The Balaban J connectivity index is 1.85. The zero-order valence-electron chi connectivity index (χ0n) is 10.3. The maximum atomic E-state index is 11.2. The van der Waals surface area contributed by atoms with E-state index < -0.39 is 6.23 Å². The molecule has 4 heteroatoms. The number of pyridine rings is 1. The van der Waals surface area contributed by atoms with E-state index in [-0.39, 0.29) is 6.10 Å². The molecule has 0 amide bonds. The summed E-state index contributed by atoms with van der Waals surface area (Å²) < 4.78 is 5.78. The predicted octanol–water partition coefficient (Wildman–Crippen LogP) is 2.18. The molecule has 19 heavy (non-hydrogen) atoms. The SMILES string of the molecule is O=CC1OC(c2ccccc2)CN1c1ccccn1. The fraction of sp³-hybridized carbons (Fsp3) is 0.200. The zero-order valence-corrected chi connectivity index (χ0v) is 10.3. The average Bonchev–Trinajstić information content (AvgIpc) is 2.93. The standard InChI is InChI=1S/C15H14N2O2/c18-11-15-17(14-8-4-5-9-16-14)10-13(19-15)12-6-2-1-3-7-12/h1-9,11,13,15H,10H2. The lowest BCUT2D eigenvalue weighted by Crippen LogP contribution is -2.31. The summed E-state index contributed by atoms with van der Waals surface area (Å²) in [7, 11) is 0. The predicted molar refractivity (Wildman–Crippen MR) is 71.7 cm³/mol. The first kappa shape index (κ1) is 11.9. The van der Waals surface area contributed by atoms with Crippen LogP contribution in [0, 0.1) is 0 Å². The molecule has 1 fully saturated rings. The van der Waals surface area contributed by atoms with E-state index in [1.807, 2.05) is 53.4 Å². The third-order valence-electron chi connectivity index (χ3n) is 3.20. The van der Waals surface area contributed by atoms with Crippen LogP contribution < -0.4 is 4.90 Å². The van der Waals surface area contributed by atoms with E-state index in [2.05, 4.69) is 4.98 Å². The van der Waals surface area contributed by atoms with Crippen molar-refractivity contribution in [2.24, 2.45) is 0 Å². The van der Waals surface area contributed by atoms with Crippen LogP contribution in [0.1, 0.15) is 11.7 Å². The summed E-state index contributed by atoms with van der Waals surface area (Å²) >= 11 is 0. The second-order valence-electron chi connectivity index (χ2n) is 4.40. The van der Waals surface area contributed by atoms with Crippen molar-refractivity contribution in [3.63, 3.8) is 0 Å². The van der Waals surface area contributed by atoms with Gasteiger partial charge in [0.25, 0.3) is 0 Å². The summed E-state index contributed by atoms with van der Waals surface area (Å²) in [6.07, 6.45) is 1.86. The van der Waals surface area contributed by atoms with Gasteiger partial charge in [-0.3, -0.25) is 4.79 Å². The van der Waals surface area contributed by atoms with Gasteiger partial charge >= 0.3 is 0 Å². The van der Waals surface area contributed by atoms with Gasteiger partial charge in [0.1, 0.15) is 11.9 Å². The summed E-state index contributed by atoms with van der Waals surface area (Å²) in [6.45, 7) is 0.629. The van der Waals surface area contributed by atoms with Gasteiger partial charge in [0.15, 0.2) is 12.5 Å². The summed E-state index contributed by atoms with van der Waals surface area (Å²) in [4.78, 5) is 17.3. The maximum absolute atomic E-state index is 11.2. The fourth-order valence-electron chi connectivity index (χ4n) is 2.27. The molecule has 1 saturated heterocycles. The molecule has 1 aromatic heterocycles. The van der Waals surface area contributed by atoms with E-state index in [4.69, 9.17) is 4.74 Å². The summed E-state index contributed by atoms with van der Waals surface area (Å²) in [6, 6.07) is 15.6. The Hall–Kier alpha value is -2.20. The van der Waals surface area contributed by atoms with Gasteiger partial charge in [-0.1, -0.05) is 36.4 Å². The lowest BCUT2D eigenvalue weighted by molar-refractivity contribution is -0.117. The van der Waals surface area contributed by atoms with Crippen LogP contribution in [0.15, 0.2) is 54.7 Å². The molecule has 0 bridgehead atoms. The number of anilines is 1. The molecule has 0 aliphatic carbocycles. The van der Waals surface area contributed by atoms with Crippen LogP contribution in [0.25, 0.3) is 0 Å². The maximum Gasteiger partial charge on any atom is 0.188 e. The molecule has 2 heterocycles. The van der Waals surface area contributed by atoms with Gasteiger partial charge in [-0.2, -0.15) is 0 Å². The minimum absolute atomic E-state index is 0.0987. The molecule has 96 valence electrons. The Morgan fingerprint density at radius 3 is 2.63 bits per heavy atom. The van der Waals surface area contributed by atoms with Gasteiger partial charge < -0.3 is 9.64 Å². The highest BCUT2D eigenvalue weighted by Crippen LogP contribution is 2.30. The van der Waals surface area contributed by atoms with Crippen molar-refractivity contribution in [2.75, 3.05) is 11.4 Å². The number of benzene rings is 1. The summed E-state index contributed by atoms with van der Waals surface area (Å²) in [5.41, 5.74) is 1.08. The molecule has 0 N–H and O–H groups in total. The highest BCUT2D eigenvalue weighted by Gasteiger charge is 2.34. The second kappa shape index (κ2) is 5.20. The minimum Gasteiger partial charge on any atom is -0.341 e. The van der Waals surface area contributed by atoms with E-state index in [1.54, 1.807) is 6.20 Å². The molecule has 1 aliphatic heterocycles. The van der Waals surface area contributed by atoms with Crippen LogP contribution in [0.5, 0.6) is 0 Å². The lowest BCUT2D eigenvalue weighted by Gasteiger charge is -2.18. The molecule has 1 aromatic carbocycles.